The first-order valence-electron chi connectivity index (χ1n) is 6.03. The van der Waals surface area contributed by atoms with Crippen LogP contribution in [-0.4, -0.2) is 22.9 Å². The normalized spacial score (nSPS) is 20.3. The van der Waals surface area contributed by atoms with Crippen molar-refractivity contribution >= 4 is 17.5 Å². The van der Waals surface area contributed by atoms with Crippen LogP contribution in [0.5, 0.6) is 0 Å². The monoisotopic (exact) mass is 251 g/mol. The zero-order valence-electron chi connectivity index (χ0n) is 10.3. The fraction of sp³-hybridized carbons (Fsp3) is 0.500. The molecule has 1 fully saturated rings. The molecule has 1 aromatic rings. The van der Waals surface area contributed by atoms with Crippen LogP contribution >= 0.6 is 11.6 Å². The van der Waals surface area contributed by atoms with E-state index in [1.54, 1.807) is 0 Å². The van der Waals surface area contributed by atoms with Crippen LogP contribution in [0.3, 0.4) is 0 Å². The summed E-state index contributed by atoms with van der Waals surface area (Å²) >= 11 is 6.27. The number of carbonyl (C=O) groups is 1. The van der Waals surface area contributed by atoms with Gasteiger partial charge in [0, 0.05) is 12.1 Å². The summed E-state index contributed by atoms with van der Waals surface area (Å²) in [5, 5.41) is -0.562. The minimum atomic E-state index is -0.562. The van der Waals surface area contributed by atoms with Gasteiger partial charge in [0.15, 0.2) is 0 Å². The molecule has 1 atom stereocenters. The van der Waals surface area contributed by atoms with E-state index in [0.717, 1.165) is 24.9 Å². The number of halogens is 1. The first-order chi connectivity index (χ1) is 8.02. The topological polar surface area (TPSA) is 20.3 Å². The second kappa shape index (κ2) is 4.69. The molecule has 3 heteroatoms. The van der Waals surface area contributed by atoms with Crippen molar-refractivity contribution in [2.24, 2.45) is 0 Å². The minimum Gasteiger partial charge on any atom is -0.336 e. The smallest absolute Gasteiger partial charge is 0.245 e. The van der Waals surface area contributed by atoms with Crippen LogP contribution in [0.15, 0.2) is 30.3 Å². The molecule has 1 unspecified atom stereocenters. The van der Waals surface area contributed by atoms with E-state index in [2.05, 4.69) is 13.8 Å². The van der Waals surface area contributed by atoms with Crippen molar-refractivity contribution in [2.75, 3.05) is 6.54 Å². The van der Waals surface area contributed by atoms with Crippen molar-refractivity contribution in [1.29, 1.82) is 0 Å². The van der Waals surface area contributed by atoms with Gasteiger partial charge in [-0.25, -0.2) is 0 Å². The Hall–Kier alpha value is -1.02. The Morgan fingerprint density at radius 1 is 1.35 bits per heavy atom. The molecule has 1 saturated heterocycles. The molecular weight excluding hydrogens is 234 g/mol. The summed E-state index contributed by atoms with van der Waals surface area (Å²) in [4.78, 5) is 14.3. The van der Waals surface area contributed by atoms with Crippen molar-refractivity contribution in [3.8, 4) is 0 Å². The standard InChI is InChI=1S/C14H18ClNO/c1-14(2)9-6-10-16(14)13(17)12(15)11-7-4-3-5-8-11/h3-5,7-8,12H,6,9-10H2,1-2H3. The van der Waals surface area contributed by atoms with Gasteiger partial charge >= 0.3 is 0 Å². The summed E-state index contributed by atoms with van der Waals surface area (Å²) in [6.45, 7) is 5.03. The summed E-state index contributed by atoms with van der Waals surface area (Å²) in [6.07, 6.45) is 2.12. The van der Waals surface area contributed by atoms with E-state index >= 15 is 0 Å². The van der Waals surface area contributed by atoms with Gasteiger partial charge in [0.2, 0.25) is 5.91 Å². The SMILES string of the molecule is CC1(C)CCCN1C(=O)C(Cl)c1ccccc1. The molecule has 17 heavy (non-hydrogen) atoms. The number of hydrogen-bond acceptors (Lipinski definition) is 1. The molecule has 0 bridgehead atoms. The van der Waals surface area contributed by atoms with Crippen LogP contribution in [-0.2, 0) is 4.79 Å². The van der Waals surface area contributed by atoms with E-state index in [1.165, 1.54) is 0 Å². The highest BCUT2D eigenvalue weighted by Gasteiger charge is 2.38. The summed E-state index contributed by atoms with van der Waals surface area (Å²) < 4.78 is 0. The molecule has 92 valence electrons. The third-order valence-corrected chi connectivity index (χ3v) is 3.91. The summed E-state index contributed by atoms with van der Waals surface area (Å²) in [7, 11) is 0. The molecule has 0 radical (unpaired) electrons. The van der Waals surface area contributed by atoms with E-state index in [1.807, 2.05) is 35.2 Å². The van der Waals surface area contributed by atoms with Crippen LogP contribution < -0.4 is 0 Å². The van der Waals surface area contributed by atoms with E-state index in [0.29, 0.717) is 0 Å². The molecule has 1 aromatic carbocycles. The molecule has 0 saturated carbocycles. The minimum absolute atomic E-state index is 0.0281. The molecule has 2 nitrogen and oxygen atoms in total. The predicted molar refractivity (Wildman–Crippen MR) is 70.1 cm³/mol. The number of benzene rings is 1. The molecule has 0 N–H and O–H groups in total. The van der Waals surface area contributed by atoms with Gasteiger partial charge in [-0.3, -0.25) is 4.79 Å². The highest BCUT2D eigenvalue weighted by Crippen LogP contribution is 2.33. The Morgan fingerprint density at radius 2 is 2.00 bits per heavy atom. The average Bonchev–Trinajstić information content (AvgIpc) is 2.68. The third kappa shape index (κ3) is 2.47. The highest BCUT2D eigenvalue weighted by atomic mass is 35.5. The highest BCUT2D eigenvalue weighted by molar-refractivity contribution is 6.30. The van der Waals surface area contributed by atoms with Crippen molar-refractivity contribution in [3.63, 3.8) is 0 Å². The lowest BCUT2D eigenvalue weighted by Gasteiger charge is -2.33. The molecule has 0 aliphatic carbocycles. The molecule has 1 aliphatic heterocycles. The Balaban J connectivity index is 2.16. The fourth-order valence-electron chi connectivity index (χ4n) is 2.42. The quantitative estimate of drug-likeness (QED) is 0.738. The third-order valence-electron chi connectivity index (χ3n) is 3.48. The zero-order valence-corrected chi connectivity index (χ0v) is 11.1. The summed E-state index contributed by atoms with van der Waals surface area (Å²) in [5.41, 5.74) is 0.820. The van der Waals surface area contributed by atoms with E-state index in [9.17, 15) is 4.79 Å². The summed E-state index contributed by atoms with van der Waals surface area (Å²) in [6, 6.07) is 9.55. The van der Waals surface area contributed by atoms with E-state index in [4.69, 9.17) is 11.6 Å². The molecule has 0 aromatic heterocycles. The number of rotatable bonds is 2. The van der Waals surface area contributed by atoms with Crippen LogP contribution in [0.4, 0.5) is 0 Å². The lowest BCUT2D eigenvalue weighted by Crippen LogP contribution is -2.44. The lowest BCUT2D eigenvalue weighted by atomic mass is 10.0. The number of likely N-dealkylation sites (tertiary alicyclic amines) is 1. The fourth-order valence-corrected chi connectivity index (χ4v) is 2.68. The maximum Gasteiger partial charge on any atom is 0.245 e. The van der Waals surface area contributed by atoms with Gasteiger partial charge in [0.25, 0.3) is 0 Å². The van der Waals surface area contributed by atoms with Gasteiger partial charge in [-0.2, -0.15) is 0 Å². The predicted octanol–water partition coefficient (Wildman–Crippen LogP) is 3.37. The van der Waals surface area contributed by atoms with Crippen LogP contribution in [0, 0.1) is 0 Å². The van der Waals surface area contributed by atoms with Gasteiger partial charge in [-0.1, -0.05) is 30.3 Å². The Kier molecular flexibility index (Phi) is 3.43. The number of amides is 1. The van der Waals surface area contributed by atoms with Gasteiger partial charge in [0.05, 0.1) is 0 Å². The molecule has 1 aliphatic rings. The van der Waals surface area contributed by atoms with Crippen molar-refractivity contribution in [2.45, 2.75) is 37.6 Å². The van der Waals surface area contributed by atoms with Gasteiger partial charge in [-0.05, 0) is 32.3 Å². The van der Waals surface area contributed by atoms with E-state index in [-0.39, 0.29) is 11.4 Å². The van der Waals surface area contributed by atoms with Crippen LogP contribution in [0.25, 0.3) is 0 Å². The van der Waals surface area contributed by atoms with Crippen molar-refractivity contribution < 1.29 is 4.79 Å². The average molecular weight is 252 g/mol. The molecule has 1 amide bonds. The summed E-state index contributed by atoms with van der Waals surface area (Å²) in [5.74, 6) is 0.0281. The first-order valence-corrected chi connectivity index (χ1v) is 6.46. The molecular formula is C14H18ClNO. The van der Waals surface area contributed by atoms with Gasteiger partial charge < -0.3 is 4.90 Å². The Morgan fingerprint density at radius 3 is 2.53 bits per heavy atom. The Labute approximate surface area is 108 Å². The van der Waals surface area contributed by atoms with Crippen molar-refractivity contribution in [1.82, 2.24) is 4.90 Å². The van der Waals surface area contributed by atoms with Crippen molar-refractivity contribution in [3.05, 3.63) is 35.9 Å². The maximum absolute atomic E-state index is 12.4. The lowest BCUT2D eigenvalue weighted by molar-refractivity contribution is -0.134. The molecule has 1 heterocycles. The number of alkyl halides is 1. The first kappa shape index (κ1) is 12.4. The Bertz CT molecular complexity index is 402. The van der Waals surface area contributed by atoms with Gasteiger partial charge in [-0.15, -0.1) is 11.6 Å². The van der Waals surface area contributed by atoms with Crippen LogP contribution in [0.2, 0.25) is 0 Å². The number of carbonyl (C=O) groups excluding carboxylic acids is 1. The van der Waals surface area contributed by atoms with E-state index < -0.39 is 5.38 Å². The number of hydrogen-bond donors (Lipinski definition) is 0. The maximum atomic E-state index is 12.4. The largest absolute Gasteiger partial charge is 0.336 e. The molecule has 2 rings (SSSR count). The second-order valence-corrected chi connectivity index (χ2v) is 5.62. The molecule has 0 spiro atoms. The second-order valence-electron chi connectivity index (χ2n) is 5.18. The van der Waals surface area contributed by atoms with Gasteiger partial charge in [0.1, 0.15) is 5.38 Å². The number of nitrogens with zero attached hydrogens (tertiary/aromatic N) is 1. The zero-order chi connectivity index (χ0) is 12.5. The van der Waals surface area contributed by atoms with Crippen LogP contribution in [0.1, 0.15) is 37.6 Å².